The van der Waals surface area contributed by atoms with Crippen LogP contribution in [0.25, 0.3) is 6.08 Å². The first-order valence-electron chi connectivity index (χ1n) is 8.57. The van der Waals surface area contributed by atoms with Gasteiger partial charge < -0.3 is 9.64 Å². The summed E-state index contributed by atoms with van der Waals surface area (Å²) >= 11 is 1.42. The third kappa shape index (κ3) is 4.31. The number of benzene rings is 1. The van der Waals surface area contributed by atoms with Crippen LogP contribution >= 0.6 is 11.8 Å². The molecule has 1 aromatic rings. The number of nitrogens with zero attached hydrogens (tertiary/aromatic N) is 2. The molecule has 0 N–H and O–H groups in total. The van der Waals surface area contributed by atoms with Crippen LogP contribution in [0.2, 0.25) is 0 Å². The molecule has 0 bridgehead atoms. The van der Waals surface area contributed by atoms with Crippen molar-refractivity contribution >= 4 is 34.9 Å². The first-order chi connectivity index (χ1) is 12.1. The van der Waals surface area contributed by atoms with Gasteiger partial charge in [-0.25, -0.2) is 0 Å². The van der Waals surface area contributed by atoms with Crippen LogP contribution in [0.15, 0.2) is 34.2 Å². The van der Waals surface area contributed by atoms with Gasteiger partial charge >= 0.3 is 5.97 Å². The number of carbonyl (C=O) groups is 2. The highest BCUT2D eigenvalue weighted by atomic mass is 32.2. The second kappa shape index (κ2) is 7.87. The second-order valence-corrected chi connectivity index (χ2v) is 7.24. The number of carbonyl (C=O) groups excluding carboxylic acids is 2. The number of hydrogen-bond acceptors (Lipinski definition) is 5. The number of aryl methyl sites for hydroxylation is 1. The molecule has 0 aromatic heterocycles. The average molecular weight is 358 g/mol. The summed E-state index contributed by atoms with van der Waals surface area (Å²) in [5.41, 5.74) is 2.19. The summed E-state index contributed by atoms with van der Waals surface area (Å²) < 4.78 is 5.09. The molecule has 1 amide bonds. The number of esters is 1. The summed E-state index contributed by atoms with van der Waals surface area (Å²) in [6.45, 7) is 5.72. The maximum atomic E-state index is 12.2. The van der Waals surface area contributed by atoms with E-state index in [0.717, 1.165) is 36.7 Å². The predicted molar refractivity (Wildman–Crippen MR) is 100 cm³/mol. The number of thioether (sulfide) groups is 1. The fourth-order valence-electron chi connectivity index (χ4n) is 2.91. The van der Waals surface area contributed by atoms with E-state index in [1.54, 1.807) is 0 Å². The van der Waals surface area contributed by atoms with Gasteiger partial charge in [-0.3, -0.25) is 9.59 Å². The highest BCUT2D eigenvalue weighted by molar-refractivity contribution is 8.18. The molecule has 0 atom stereocenters. The molecule has 2 heterocycles. The van der Waals surface area contributed by atoms with Gasteiger partial charge in [-0.2, -0.15) is 4.99 Å². The molecule has 3 rings (SSSR count). The molecule has 2 aliphatic heterocycles. The lowest BCUT2D eigenvalue weighted by Gasteiger charge is -2.31. The Hall–Kier alpha value is -2.08. The number of amidine groups is 1. The lowest BCUT2D eigenvalue weighted by Crippen LogP contribution is -2.39. The minimum Gasteiger partial charge on any atom is -0.466 e. The minimum atomic E-state index is -0.187. The molecular weight excluding hydrogens is 336 g/mol. The fourth-order valence-corrected chi connectivity index (χ4v) is 3.88. The highest BCUT2D eigenvalue weighted by Crippen LogP contribution is 2.32. The molecule has 6 heteroatoms. The van der Waals surface area contributed by atoms with E-state index in [0.29, 0.717) is 11.5 Å². The van der Waals surface area contributed by atoms with Crippen molar-refractivity contribution in [2.75, 3.05) is 19.7 Å². The topological polar surface area (TPSA) is 59.0 Å². The molecule has 0 unspecified atom stereocenters. The van der Waals surface area contributed by atoms with Gasteiger partial charge in [0.05, 0.1) is 17.4 Å². The van der Waals surface area contributed by atoms with Crippen LogP contribution in [0.4, 0.5) is 0 Å². The standard InChI is InChI=1S/C19H22N2O3S/c1-3-24-18(23)15-8-10-21(11-9-15)19-20-17(22)16(25-19)12-14-6-4-13(2)5-7-14/h4-7,12,15H,3,8-11H2,1-2H3/b16-12-. The maximum absolute atomic E-state index is 12.2. The average Bonchev–Trinajstić information content (AvgIpc) is 2.98. The number of aliphatic imine (C=N–C) groups is 1. The summed E-state index contributed by atoms with van der Waals surface area (Å²) in [4.78, 5) is 30.9. The Morgan fingerprint density at radius 3 is 2.64 bits per heavy atom. The second-order valence-electron chi connectivity index (χ2n) is 6.23. The van der Waals surface area contributed by atoms with Crippen LogP contribution in [-0.4, -0.2) is 41.6 Å². The van der Waals surface area contributed by atoms with Crippen molar-refractivity contribution < 1.29 is 14.3 Å². The van der Waals surface area contributed by atoms with Gasteiger partial charge in [0.15, 0.2) is 5.17 Å². The Morgan fingerprint density at radius 2 is 2.00 bits per heavy atom. The fraction of sp³-hybridized carbons (Fsp3) is 0.421. The third-order valence-corrected chi connectivity index (χ3v) is 5.41. The lowest BCUT2D eigenvalue weighted by molar-refractivity contribution is -0.149. The predicted octanol–water partition coefficient (Wildman–Crippen LogP) is 3.24. The zero-order valence-corrected chi connectivity index (χ0v) is 15.3. The number of piperidine rings is 1. The monoisotopic (exact) mass is 358 g/mol. The molecule has 0 radical (unpaired) electrons. The number of rotatable bonds is 3. The summed E-state index contributed by atoms with van der Waals surface area (Å²) in [6.07, 6.45) is 3.36. The molecule has 25 heavy (non-hydrogen) atoms. The van der Waals surface area contributed by atoms with E-state index >= 15 is 0 Å². The molecule has 0 saturated carbocycles. The van der Waals surface area contributed by atoms with E-state index in [1.807, 2.05) is 44.2 Å². The van der Waals surface area contributed by atoms with E-state index in [-0.39, 0.29) is 17.8 Å². The Balaban J connectivity index is 1.60. The van der Waals surface area contributed by atoms with Crippen LogP contribution in [0.3, 0.4) is 0 Å². The molecule has 1 fully saturated rings. The molecule has 1 saturated heterocycles. The zero-order valence-electron chi connectivity index (χ0n) is 14.5. The van der Waals surface area contributed by atoms with Gasteiger partial charge in [0, 0.05) is 13.1 Å². The highest BCUT2D eigenvalue weighted by Gasteiger charge is 2.31. The summed E-state index contributed by atoms with van der Waals surface area (Å²) in [7, 11) is 0. The Kier molecular flexibility index (Phi) is 5.58. The van der Waals surface area contributed by atoms with Crippen molar-refractivity contribution in [1.82, 2.24) is 4.90 Å². The molecule has 132 valence electrons. The first-order valence-corrected chi connectivity index (χ1v) is 9.39. The quantitative estimate of drug-likeness (QED) is 0.613. The van der Waals surface area contributed by atoms with Crippen LogP contribution in [-0.2, 0) is 14.3 Å². The normalized spacial score (nSPS) is 20.1. The van der Waals surface area contributed by atoms with E-state index < -0.39 is 0 Å². The van der Waals surface area contributed by atoms with Gasteiger partial charge in [0.25, 0.3) is 5.91 Å². The van der Waals surface area contributed by atoms with Crippen molar-refractivity contribution in [1.29, 1.82) is 0 Å². The number of likely N-dealkylation sites (tertiary alicyclic amines) is 1. The van der Waals surface area contributed by atoms with Crippen LogP contribution in [0.5, 0.6) is 0 Å². The molecule has 1 aromatic carbocycles. The number of hydrogen-bond donors (Lipinski definition) is 0. The summed E-state index contributed by atoms with van der Waals surface area (Å²) in [5.74, 6) is -0.339. The van der Waals surface area contributed by atoms with Crippen molar-refractivity contribution in [3.05, 3.63) is 40.3 Å². The van der Waals surface area contributed by atoms with Gasteiger partial charge in [0.2, 0.25) is 0 Å². The van der Waals surface area contributed by atoms with Gasteiger partial charge in [0.1, 0.15) is 0 Å². The zero-order chi connectivity index (χ0) is 17.8. The summed E-state index contributed by atoms with van der Waals surface area (Å²) in [5, 5.41) is 0.741. The molecule has 0 aliphatic carbocycles. The van der Waals surface area contributed by atoms with Gasteiger partial charge in [-0.1, -0.05) is 29.8 Å². The molecular formula is C19H22N2O3S. The first kappa shape index (κ1) is 17.7. The van der Waals surface area contributed by atoms with Gasteiger partial charge in [-0.15, -0.1) is 0 Å². The van der Waals surface area contributed by atoms with Crippen molar-refractivity contribution in [3.63, 3.8) is 0 Å². The smallest absolute Gasteiger partial charge is 0.309 e. The van der Waals surface area contributed by atoms with Crippen LogP contribution in [0, 0.1) is 12.8 Å². The van der Waals surface area contributed by atoms with Crippen molar-refractivity contribution in [2.45, 2.75) is 26.7 Å². The van der Waals surface area contributed by atoms with E-state index in [2.05, 4.69) is 9.89 Å². The Bertz CT molecular complexity index is 717. The van der Waals surface area contributed by atoms with E-state index in [1.165, 1.54) is 17.3 Å². The molecule has 5 nitrogen and oxygen atoms in total. The van der Waals surface area contributed by atoms with Gasteiger partial charge in [-0.05, 0) is 50.1 Å². The Labute approximate surface area is 152 Å². The SMILES string of the molecule is CCOC(=O)C1CCN(C2=NC(=O)/C(=C/c3ccc(C)cc3)S2)CC1. The third-order valence-electron chi connectivity index (χ3n) is 4.37. The minimum absolute atomic E-state index is 0.0403. The van der Waals surface area contributed by atoms with E-state index in [9.17, 15) is 9.59 Å². The Morgan fingerprint density at radius 1 is 1.32 bits per heavy atom. The number of ether oxygens (including phenoxy) is 1. The van der Waals surface area contributed by atoms with E-state index in [4.69, 9.17) is 4.74 Å². The lowest BCUT2D eigenvalue weighted by atomic mass is 9.97. The molecule has 0 spiro atoms. The molecule has 2 aliphatic rings. The van der Waals surface area contributed by atoms with Crippen molar-refractivity contribution in [3.8, 4) is 0 Å². The van der Waals surface area contributed by atoms with Crippen molar-refractivity contribution in [2.24, 2.45) is 10.9 Å². The van der Waals surface area contributed by atoms with Crippen LogP contribution in [0.1, 0.15) is 30.9 Å². The summed E-state index contributed by atoms with van der Waals surface area (Å²) in [6, 6.07) is 8.05. The maximum Gasteiger partial charge on any atom is 0.309 e. The largest absolute Gasteiger partial charge is 0.466 e. The van der Waals surface area contributed by atoms with Crippen LogP contribution < -0.4 is 0 Å². The number of amides is 1.